The summed E-state index contributed by atoms with van der Waals surface area (Å²) < 4.78 is 13.2. The van der Waals surface area contributed by atoms with Gasteiger partial charge in [-0.05, 0) is 31.2 Å². The number of aromatic nitrogens is 3. The monoisotopic (exact) mass is 332 g/mol. The second kappa shape index (κ2) is 7.05. The minimum Gasteiger partial charge on any atom is -0.339 e. The highest BCUT2D eigenvalue weighted by Gasteiger charge is 2.12. The average molecular weight is 332 g/mol. The van der Waals surface area contributed by atoms with Gasteiger partial charge in [-0.1, -0.05) is 25.3 Å². The van der Waals surface area contributed by atoms with Crippen molar-refractivity contribution in [3.8, 4) is 11.3 Å². The minimum absolute atomic E-state index is 0.376. The van der Waals surface area contributed by atoms with Crippen molar-refractivity contribution in [2.75, 3.05) is 5.32 Å². The molecule has 3 aromatic heterocycles. The minimum atomic E-state index is -0.376. The van der Waals surface area contributed by atoms with Crippen LogP contribution in [0.25, 0.3) is 23.4 Å². The van der Waals surface area contributed by atoms with Gasteiger partial charge in [0, 0.05) is 34.8 Å². The molecular formula is C20H17FN4. The number of hydrogen-bond donors (Lipinski definition) is 1. The van der Waals surface area contributed by atoms with Crippen LogP contribution in [-0.4, -0.2) is 15.0 Å². The van der Waals surface area contributed by atoms with Gasteiger partial charge in [0.05, 0.1) is 17.6 Å². The van der Waals surface area contributed by atoms with Crippen LogP contribution in [0.15, 0.2) is 56.0 Å². The summed E-state index contributed by atoms with van der Waals surface area (Å²) in [6.45, 7) is 9.61. The highest BCUT2D eigenvalue weighted by Crippen LogP contribution is 2.30. The van der Waals surface area contributed by atoms with Crippen LogP contribution in [0.2, 0.25) is 0 Å². The molecule has 0 saturated heterocycles. The lowest BCUT2D eigenvalue weighted by Gasteiger charge is -2.14. The fraction of sp³-hybridized carbons (Fsp3) is 0.0500. The average Bonchev–Trinajstić information content (AvgIpc) is 2.62. The van der Waals surface area contributed by atoms with Crippen molar-refractivity contribution in [2.24, 2.45) is 0 Å². The van der Waals surface area contributed by atoms with Crippen molar-refractivity contribution in [3.05, 3.63) is 78.7 Å². The van der Waals surface area contributed by atoms with Crippen molar-refractivity contribution in [3.63, 3.8) is 0 Å². The van der Waals surface area contributed by atoms with Crippen LogP contribution in [0.4, 0.5) is 15.9 Å². The van der Waals surface area contributed by atoms with E-state index < -0.39 is 0 Å². The van der Waals surface area contributed by atoms with Crippen molar-refractivity contribution in [2.45, 2.75) is 6.92 Å². The van der Waals surface area contributed by atoms with E-state index in [1.54, 1.807) is 30.6 Å². The molecule has 0 bridgehead atoms. The molecule has 4 nitrogen and oxygen atoms in total. The maximum atomic E-state index is 13.2. The summed E-state index contributed by atoms with van der Waals surface area (Å²) in [4.78, 5) is 12.8. The molecular weight excluding hydrogens is 315 g/mol. The summed E-state index contributed by atoms with van der Waals surface area (Å²) in [6.07, 6.45) is 8.06. The Morgan fingerprint density at radius 2 is 1.88 bits per heavy atom. The van der Waals surface area contributed by atoms with E-state index in [0.29, 0.717) is 11.5 Å². The molecule has 0 saturated carbocycles. The molecule has 0 fully saturated rings. The first-order valence-electron chi connectivity index (χ1n) is 7.72. The zero-order chi connectivity index (χ0) is 17.8. The number of pyridine rings is 3. The van der Waals surface area contributed by atoms with E-state index in [-0.39, 0.29) is 5.82 Å². The zero-order valence-electron chi connectivity index (χ0n) is 13.8. The second-order valence-corrected chi connectivity index (χ2v) is 5.43. The lowest BCUT2D eigenvalue weighted by Crippen LogP contribution is -2.01. The lowest BCUT2D eigenvalue weighted by molar-refractivity contribution is 0.622. The van der Waals surface area contributed by atoms with Crippen molar-refractivity contribution < 1.29 is 4.39 Å². The third kappa shape index (κ3) is 3.45. The Kier molecular flexibility index (Phi) is 4.66. The molecule has 0 aromatic carbocycles. The largest absolute Gasteiger partial charge is 0.339 e. The Bertz CT molecular complexity index is 933. The van der Waals surface area contributed by atoms with Gasteiger partial charge in [0.1, 0.15) is 11.6 Å². The SMILES string of the molecule is C=Cc1cnc(C)cc1Nc1nccc(-c2ccc(F)cn2)c1C=C. The van der Waals surface area contributed by atoms with Gasteiger partial charge < -0.3 is 5.32 Å². The van der Waals surface area contributed by atoms with E-state index >= 15 is 0 Å². The summed E-state index contributed by atoms with van der Waals surface area (Å²) in [5.74, 6) is 0.256. The van der Waals surface area contributed by atoms with Gasteiger partial charge in [-0.2, -0.15) is 0 Å². The number of anilines is 2. The maximum Gasteiger partial charge on any atom is 0.141 e. The zero-order valence-corrected chi connectivity index (χ0v) is 13.8. The van der Waals surface area contributed by atoms with Crippen LogP contribution < -0.4 is 5.32 Å². The van der Waals surface area contributed by atoms with Gasteiger partial charge >= 0.3 is 0 Å². The first-order valence-corrected chi connectivity index (χ1v) is 7.72. The molecule has 0 atom stereocenters. The summed E-state index contributed by atoms with van der Waals surface area (Å²) in [6, 6.07) is 6.76. The van der Waals surface area contributed by atoms with Crippen LogP contribution in [0.1, 0.15) is 16.8 Å². The number of hydrogen-bond acceptors (Lipinski definition) is 4. The van der Waals surface area contributed by atoms with E-state index in [0.717, 1.165) is 28.1 Å². The molecule has 124 valence electrons. The Morgan fingerprint density at radius 1 is 1.04 bits per heavy atom. The van der Waals surface area contributed by atoms with Gasteiger partial charge in [-0.15, -0.1) is 0 Å². The Labute approximate surface area is 145 Å². The van der Waals surface area contributed by atoms with E-state index in [2.05, 4.69) is 33.4 Å². The lowest BCUT2D eigenvalue weighted by atomic mass is 10.0. The Morgan fingerprint density at radius 3 is 2.56 bits per heavy atom. The van der Waals surface area contributed by atoms with E-state index in [4.69, 9.17) is 0 Å². The molecule has 3 heterocycles. The molecule has 25 heavy (non-hydrogen) atoms. The van der Waals surface area contributed by atoms with Crippen molar-refractivity contribution in [1.82, 2.24) is 15.0 Å². The highest BCUT2D eigenvalue weighted by molar-refractivity contribution is 5.82. The normalized spacial score (nSPS) is 10.3. The van der Waals surface area contributed by atoms with Gasteiger partial charge in [0.15, 0.2) is 0 Å². The van der Waals surface area contributed by atoms with Crippen LogP contribution in [-0.2, 0) is 0 Å². The van der Waals surface area contributed by atoms with Crippen LogP contribution in [0, 0.1) is 12.7 Å². The van der Waals surface area contributed by atoms with Crippen LogP contribution >= 0.6 is 0 Å². The van der Waals surface area contributed by atoms with Crippen molar-refractivity contribution >= 4 is 23.7 Å². The molecule has 0 aliphatic heterocycles. The van der Waals surface area contributed by atoms with Crippen molar-refractivity contribution in [1.29, 1.82) is 0 Å². The number of nitrogens with one attached hydrogen (secondary N) is 1. The van der Waals surface area contributed by atoms with Crippen LogP contribution in [0.3, 0.4) is 0 Å². The molecule has 0 radical (unpaired) electrons. The van der Waals surface area contributed by atoms with Gasteiger partial charge in [0.2, 0.25) is 0 Å². The van der Waals surface area contributed by atoms with E-state index in [1.807, 2.05) is 19.1 Å². The van der Waals surface area contributed by atoms with Gasteiger partial charge in [-0.25, -0.2) is 9.37 Å². The number of rotatable bonds is 5. The third-order valence-electron chi connectivity index (χ3n) is 3.74. The maximum absolute atomic E-state index is 13.2. The topological polar surface area (TPSA) is 50.7 Å². The summed E-state index contributed by atoms with van der Waals surface area (Å²) >= 11 is 0. The van der Waals surface area contributed by atoms with Gasteiger partial charge in [-0.3, -0.25) is 9.97 Å². The summed E-state index contributed by atoms with van der Waals surface area (Å²) in [5.41, 5.74) is 4.85. The second-order valence-electron chi connectivity index (χ2n) is 5.43. The third-order valence-corrected chi connectivity index (χ3v) is 3.74. The predicted octanol–water partition coefficient (Wildman–Crippen LogP) is 5.02. The fourth-order valence-corrected chi connectivity index (χ4v) is 2.51. The molecule has 0 aliphatic rings. The standard InChI is InChI=1S/C20H17FN4/c1-4-14-11-23-13(3)10-19(14)25-20-16(5-2)17(8-9-22-20)18-7-6-15(21)12-24-18/h4-12H,1-2H2,3H3,(H,22,23,25). The first kappa shape index (κ1) is 16.5. The predicted molar refractivity (Wildman–Crippen MR) is 99.9 cm³/mol. The van der Waals surface area contributed by atoms with Crippen LogP contribution in [0.5, 0.6) is 0 Å². The fourth-order valence-electron chi connectivity index (χ4n) is 2.51. The quantitative estimate of drug-likeness (QED) is 0.713. The molecule has 3 aromatic rings. The molecule has 5 heteroatoms. The highest BCUT2D eigenvalue weighted by atomic mass is 19.1. The molecule has 0 amide bonds. The number of aryl methyl sites for hydroxylation is 1. The number of nitrogens with zero attached hydrogens (tertiary/aromatic N) is 3. The Balaban J connectivity index is 2.07. The van der Waals surface area contributed by atoms with Gasteiger partial charge in [0.25, 0.3) is 0 Å². The smallest absolute Gasteiger partial charge is 0.141 e. The first-order chi connectivity index (χ1) is 12.1. The molecule has 1 N–H and O–H groups in total. The van der Waals surface area contributed by atoms with E-state index in [9.17, 15) is 4.39 Å². The summed E-state index contributed by atoms with van der Waals surface area (Å²) in [7, 11) is 0. The number of halogens is 1. The van der Waals surface area contributed by atoms with E-state index in [1.165, 1.54) is 12.3 Å². The molecule has 0 spiro atoms. The molecule has 3 rings (SSSR count). The Hall–Kier alpha value is -3.34. The molecule has 0 unspecified atom stereocenters. The molecule has 0 aliphatic carbocycles. The summed E-state index contributed by atoms with van der Waals surface area (Å²) in [5, 5.41) is 3.31.